The Morgan fingerprint density at radius 3 is 2.42 bits per heavy atom. The summed E-state index contributed by atoms with van der Waals surface area (Å²) in [6, 6.07) is 18.5. The SMILES string of the molecule is Cn1cc(C(=O)CC(c2ccc(Br)cc2)c2ccccc2Cl)ccc1=O. The number of pyridine rings is 1. The second kappa shape index (κ2) is 8.02. The molecular formula is C21H17BrClNO2. The van der Waals surface area contributed by atoms with E-state index >= 15 is 0 Å². The summed E-state index contributed by atoms with van der Waals surface area (Å²) in [5, 5.41) is 0.633. The fourth-order valence-corrected chi connectivity index (χ4v) is 3.45. The van der Waals surface area contributed by atoms with Crippen molar-refractivity contribution in [3.63, 3.8) is 0 Å². The number of nitrogens with zero attached hydrogens (tertiary/aromatic N) is 1. The van der Waals surface area contributed by atoms with Crippen LogP contribution in [0.3, 0.4) is 0 Å². The molecule has 3 rings (SSSR count). The fourth-order valence-electron chi connectivity index (χ4n) is 2.92. The Morgan fingerprint density at radius 1 is 1.08 bits per heavy atom. The summed E-state index contributed by atoms with van der Waals surface area (Å²) in [6.07, 6.45) is 1.85. The summed E-state index contributed by atoms with van der Waals surface area (Å²) < 4.78 is 2.39. The van der Waals surface area contributed by atoms with Gasteiger partial charge in [-0.15, -0.1) is 0 Å². The van der Waals surface area contributed by atoms with Gasteiger partial charge in [0, 0.05) is 46.7 Å². The van der Waals surface area contributed by atoms with Crippen LogP contribution in [0.1, 0.15) is 33.8 Å². The molecule has 0 aliphatic rings. The standard InChI is InChI=1S/C21H17BrClNO2/c1-24-13-15(8-11-21(24)26)20(25)12-18(14-6-9-16(22)10-7-14)17-4-2-3-5-19(17)23/h2-11,13,18H,12H2,1H3. The molecule has 0 saturated heterocycles. The lowest BCUT2D eigenvalue weighted by Crippen LogP contribution is -2.17. The smallest absolute Gasteiger partial charge is 0.250 e. The van der Waals surface area contributed by atoms with Crippen LogP contribution in [0, 0.1) is 0 Å². The minimum absolute atomic E-state index is 0.0339. The number of aromatic nitrogens is 1. The van der Waals surface area contributed by atoms with Crippen molar-refractivity contribution in [2.75, 3.05) is 0 Å². The lowest BCUT2D eigenvalue weighted by Gasteiger charge is -2.19. The summed E-state index contributed by atoms with van der Waals surface area (Å²) in [5.74, 6) is -0.199. The number of aryl methyl sites for hydroxylation is 1. The van der Waals surface area contributed by atoms with Gasteiger partial charge in [-0.2, -0.15) is 0 Å². The predicted octanol–water partition coefficient (Wildman–Crippen LogP) is 5.21. The molecule has 0 N–H and O–H groups in total. The predicted molar refractivity (Wildman–Crippen MR) is 108 cm³/mol. The van der Waals surface area contributed by atoms with Crippen LogP contribution in [-0.2, 0) is 7.05 Å². The van der Waals surface area contributed by atoms with E-state index in [2.05, 4.69) is 15.9 Å². The molecular weight excluding hydrogens is 414 g/mol. The summed E-state index contributed by atoms with van der Waals surface area (Å²) in [4.78, 5) is 24.4. The van der Waals surface area contributed by atoms with Gasteiger partial charge in [0.05, 0.1) is 0 Å². The number of rotatable bonds is 5. The summed E-state index contributed by atoms with van der Waals surface area (Å²) in [6.45, 7) is 0. The van der Waals surface area contributed by atoms with Crippen molar-refractivity contribution in [3.8, 4) is 0 Å². The molecule has 1 heterocycles. The number of halogens is 2. The number of hydrogen-bond acceptors (Lipinski definition) is 2. The van der Waals surface area contributed by atoms with Crippen molar-refractivity contribution in [2.24, 2.45) is 7.05 Å². The molecule has 1 unspecified atom stereocenters. The topological polar surface area (TPSA) is 39.1 Å². The first kappa shape index (κ1) is 18.6. The Kier molecular flexibility index (Phi) is 5.74. The molecule has 0 bridgehead atoms. The number of ketones is 1. The first-order valence-electron chi connectivity index (χ1n) is 8.15. The molecule has 2 aromatic carbocycles. The van der Waals surface area contributed by atoms with E-state index in [4.69, 9.17) is 11.6 Å². The van der Waals surface area contributed by atoms with E-state index in [1.807, 2.05) is 48.5 Å². The zero-order valence-electron chi connectivity index (χ0n) is 14.2. The summed E-state index contributed by atoms with van der Waals surface area (Å²) in [5.41, 5.74) is 2.30. The van der Waals surface area contributed by atoms with Crippen molar-refractivity contribution < 1.29 is 4.79 Å². The molecule has 3 nitrogen and oxygen atoms in total. The average Bonchev–Trinajstić information content (AvgIpc) is 2.63. The van der Waals surface area contributed by atoms with E-state index < -0.39 is 0 Å². The summed E-state index contributed by atoms with van der Waals surface area (Å²) in [7, 11) is 1.64. The summed E-state index contributed by atoms with van der Waals surface area (Å²) >= 11 is 9.85. The molecule has 26 heavy (non-hydrogen) atoms. The fraction of sp³-hybridized carbons (Fsp3) is 0.143. The van der Waals surface area contributed by atoms with Crippen molar-refractivity contribution >= 4 is 33.3 Å². The molecule has 0 aliphatic carbocycles. The van der Waals surface area contributed by atoms with E-state index in [1.165, 1.54) is 10.6 Å². The number of carbonyl (C=O) groups excluding carboxylic acids is 1. The number of hydrogen-bond donors (Lipinski definition) is 0. The maximum absolute atomic E-state index is 12.9. The van der Waals surface area contributed by atoms with Crippen LogP contribution in [0.25, 0.3) is 0 Å². The quantitative estimate of drug-likeness (QED) is 0.521. The highest BCUT2D eigenvalue weighted by Crippen LogP contribution is 2.34. The molecule has 0 spiro atoms. The third-order valence-corrected chi connectivity index (χ3v) is 5.22. The van der Waals surface area contributed by atoms with Gasteiger partial charge in [-0.25, -0.2) is 0 Å². The highest BCUT2D eigenvalue weighted by Gasteiger charge is 2.21. The molecule has 0 aliphatic heterocycles. The van der Waals surface area contributed by atoms with E-state index in [9.17, 15) is 9.59 Å². The van der Waals surface area contributed by atoms with Crippen molar-refractivity contribution in [3.05, 3.63) is 103 Å². The zero-order chi connectivity index (χ0) is 18.7. The first-order valence-corrected chi connectivity index (χ1v) is 9.32. The second-order valence-electron chi connectivity index (χ2n) is 6.12. The number of benzene rings is 2. The van der Waals surface area contributed by atoms with E-state index in [0.29, 0.717) is 10.6 Å². The lowest BCUT2D eigenvalue weighted by atomic mass is 9.86. The van der Waals surface area contributed by atoms with Gasteiger partial charge >= 0.3 is 0 Å². The molecule has 3 aromatic rings. The van der Waals surface area contributed by atoms with Crippen LogP contribution in [-0.4, -0.2) is 10.4 Å². The van der Waals surface area contributed by atoms with Gasteiger partial charge in [-0.1, -0.05) is 57.9 Å². The minimum Gasteiger partial charge on any atom is -0.318 e. The molecule has 0 amide bonds. The molecule has 0 radical (unpaired) electrons. The Hall–Kier alpha value is -2.17. The van der Waals surface area contributed by atoms with E-state index in [-0.39, 0.29) is 23.7 Å². The highest BCUT2D eigenvalue weighted by molar-refractivity contribution is 9.10. The molecule has 132 valence electrons. The number of Topliss-reactive ketones (excluding diaryl/α,β-unsaturated/α-hetero) is 1. The minimum atomic E-state index is -0.165. The average molecular weight is 431 g/mol. The van der Waals surface area contributed by atoms with Crippen LogP contribution < -0.4 is 5.56 Å². The first-order chi connectivity index (χ1) is 12.5. The van der Waals surface area contributed by atoms with Crippen LogP contribution in [0.4, 0.5) is 0 Å². The van der Waals surface area contributed by atoms with Crippen LogP contribution in [0.2, 0.25) is 5.02 Å². The normalized spacial score (nSPS) is 12.0. The molecule has 5 heteroatoms. The van der Waals surface area contributed by atoms with Crippen molar-refractivity contribution in [2.45, 2.75) is 12.3 Å². The van der Waals surface area contributed by atoms with Gasteiger partial charge in [0.25, 0.3) is 0 Å². The van der Waals surface area contributed by atoms with E-state index in [0.717, 1.165) is 15.6 Å². The zero-order valence-corrected chi connectivity index (χ0v) is 16.5. The Morgan fingerprint density at radius 2 is 1.77 bits per heavy atom. The van der Waals surface area contributed by atoms with Crippen LogP contribution >= 0.6 is 27.5 Å². The lowest BCUT2D eigenvalue weighted by molar-refractivity contribution is 0.0977. The van der Waals surface area contributed by atoms with Gasteiger partial charge in [0.2, 0.25) is 5.56 Å². The van der Waals surface area contributed by atoms with Crippen LogP contribution in [0.5, 0.6) is 0 Å². The van der Waals surface area contributed by atoms with Crippen molar-refractivity contribution in [1.29, 1.82) is 0 Å². The third-order valence-electron chi connectivity index (χ3n) is 4.35. The van der Waals surface area contributed by atoms with E-state index in [1.54, 1.807) is 19.3 Å². The largest absolute Gasteiger partial charge is 0.318 e. The number of carbonyl (C=O) groups is 1. The Balaban J connectivity index is 1.99. The maximum atomic E-state index is 12.9. The van der Waals surface area contributed by atoms with Gasteiger partial charge in [-0.3, -0.25) is 9.59 Å². The van der Waals surface area contributed by atoms with Gasteiger partial charge in [0.1, 0.15) is 0 Å². The van der Waals surface area contributed by atoms with Gasteiger partial charge < -0.3 is 4.57 Å². The molecule has 1 atom stereocenters. The molecule has 1 aromatic heterocycles. The highest BCUT2D eigenvalue weighted by atomic mass is 79.9. The Bertz CT molecular complexity index is 995. The van der Waals surface area contributed by atoms with Gasteiger partial charge in [-0.05, 0) is 35.4 Å². The van der Waals surface area contributed by atoms with Crippen LogP contribution in [0.15, 0.2) is 76.1 Å². The third kappa shape index (κ3) is 4.14. The monoisotopic (exact) mass is 429 g/mol. The molecule has 0 fully saturated rings. The second-order valence-corrected chi connectivity index (χ2v) is 7.44. The van der Waals surface area contributed by atoms with Gasteiger partial charge in [0.15, 0.2) is 5.78 Å². The molecule has 0 saturated carbocycles. The Labute approximate surface area is 165 Å². The maximum Gasteiger partial charge on any atom is 0.250 e. The van der Waals surface area contributed by atoms with Crippen molar-refractivity contribution in [1.82, 2.24) is 4.57 Å².